The van der Waals surface area contributed by atoms with E-state index in [-0.39, 0.29) is 18.2 Å². The van der Waals surface area contributed by atoms with Gasteiger partial charge in [-0.05, 0) is 48.6 Å². The lowest BCUT2D eigenvalue weighted by Gasteiger charge is -2.31. The zero-order valence-corrected chi connectivity index (χ0v) is 14.6. The Balaban J connectivity index is 1.64. The molecule has 1 amide bonds. The molecule has 2 aromatic rings. The lowest BCUT2D eigenvalue weighted by Crippen LogP contribution is -2.38. The summed E-state index contributed by atoms with van der Waals surface area (Å²) < 4.78 is 0. The summed E-state index contributed by atoms with van der Waals surface area (Å²) in [6.07, 6.45) is 1.71. The Labute approximate surface area is 149 Å². The molecule has 0 radical (unpaired) electrons. The smallest absolute Gasteiger partial charge is 0.303 e. The van der Waals surface area contributed by atoms with Crippen LogP contribution in [0.4, 0.5) is 0 Å². The van der Waals surface area contributed by atoms with Crippen LogP contribution in [0, 0.1) is 5.92 Å². The highest BCUT2D eigenvalue weighted by Crippen LogP contribution is 2.30. The minimum atomic E-state index is -0.759. The molecule has 1 aromatic carbocycles. The van der Waals surface area contributed by atoms with Crippen molar-refractivity contribution in [1.82, 2.24) is 4.90 Å². The van der Waals surface area contributed by atoms with Crippen molar-refractivity contribution in [1.29, 1.82) is 0 Å². The van der Waals surface area contributed by atoms with Gasteiger partial charge in [0, 0.05) is 29.4 Å². The van der Waals surface area contributed by atoms with E-state index in [1.165, 1.54) is 11.3 Å². The number of benzene rings is 1. The minimum absolute atomic E-state index is 0.0361. The number of carboxylic acids is 1. The fourth-order valence-corrected chi connectivity index (χ4v) is 4.07. The van der Waals surface area contributed by atoms with Gasteiger partial charge < -0.3 is 10.0 Å². The number of carbonyl (C=O) groups excluding carboxylic acids is 1. The summed E-state index contributed by atoms with van der Waals surface area (Å²) in [6.45, 7) is 1.26. The zero-order valence-electron chi connectivity index (χ0n) is 13.1. The van der Waals surface area contributed by atoms with Crippen molar-refractivity contribution in [2.24, 2.45) is 5.92 Å². The van der Waals surface area contributed by atoms with Crippen LogP contribution in [0.3, 0.4) is 0 Å². The molecular formula is C18H18ClNO3S. The summed E-state index contributed by atoms with van der Waals surface area (Å²) in [4.78, 5) is 27.0. The molecule has 1 aromatic heterocycles. The summed E-state index contributed by atoms with van der Waals surface area (Å²) >= 11 is 7.38. The molecule has 1 fully saturated rings. The molecule has 0 bridgehead atoms. The molecule has 1 aliphatic rings. The van der Waals surface area contributed by atoms with Gasteiger partial charge in [0.05, 0.1) is 4.88 Å². The molecule has 3 rings (SSSR count). The highest BCUT2D eigenvalue weighted by molar-refractivity contribution is 7.17. The Morgan fingerprint density at radius 1 is 1.12 bits per heavy atom. The van der Waals surface area contributed by atoms with Gasteiger partial charge >= 0.3 is 5.97 Å². The minimum Gasteiger partial charge on any atom is -0.481 e. The van der Waals surface area contributed by atoms with Gasteiger partial charge in [0.2, 0.25) is 0 Å². The second-order valence-corrected chi connectivity index (χ2v) is 7.52. The Hall–Kier alpha value is -1.85. The molecule has 24 heavy (non-hydrogen) atoms. The second kappa shape index (κ2) is 7.36. The van der Waals surface area contributed by atoms with Gasteiger partial charge in [-0.15, -0.1) is 11.3 Å². The van der Waals surface area contributed by atoms with E-state index in [4.69, 9.17) is 16.7 Å². The Kier molecular flexibility index (Phi) is 5.21. The molecular weight excluding hydrogens is 346 g/mol. The molecule has 1 saturated heterocycles. The Morgan fingerprint density at radius 2 is 1.79 bits per heavy atom. The number of aliphatic carboxylic acids is 1. The van der Waals surface area contributed by atoms with E-state index in [2.05, 4.69) is 0 Å². The first-order valence-electron chi connectivity index (χ1n) is 7.90. The van der Waals surface area contributed by atoms with Gasteiger partial charge in [-0.3, -0.25) is 9.59 Å². The average molecular weight is 364 g/mol. The quantitative estimate of drug-likeness (QED) is 0.876. The zero-order chi connectivity index (χ0) is 17.1. The van der Waals surface area contributed by atoms with Gasteiger partial charge in [-0.2, -0.15) is 0 Å². The van der Waals surface area contributed by atoms with Crippen LogP contribution in [0.1, 0.15) is 28.9 Å². The van der Waals surface area contributed by atoms with Crippen LogP contribution in [-0.2, 0) is 4.79 Å². The van der Waals surface area contributed by atoms with Crippen LogP contribution in [0.25, 0.3) is 10.4 Å². The van der Waals surface area contributed by atoms with Crippen LogP contribution >= 0.6 is 22.9 Å². The third-order valence-electron chi connectivity index (χ3n) is 4.31. The molecule has 126 valence electrons. The first-order chi connectivity index (χ1) is 11.5. The Morgan fingerprint density at radius 3 is 2.42 bits per heavy atom. The number of piperidine rings is 1. The van der Waals surface area contributed by atoms with E-state index in [1.54, 1.807) is 0 Å². The van der Waals surface area contributed by atoms with Crippen molar-refractivity contribution in [2.75, 3.05) is 13.1 Å². The van der Waals surface area contributed by atoms with Crippen molar-refractivity contribution in [3.63, 3.8) is 0 Å². The summed E-state index contributed by atoms with van der Waals surface area (Å²) in [5, 5.41) is 9.55. The Bertz CT molecular complexity index is 733. The molecule has 2 heterocycles. The predicted octanol–water partition coefficient (Wildman–Crippen LogP) is 4.40. The second-order valence-electron chi connectivity index (χ2n) is 6.00. The number of carboxylic acid groups (broad SMARTS) is 1. The van der Waals surface area contributed by atoms with Crippen LogP contribution in [-0.4, -0.2) is 35.0 Å². The van der Waals surface area contributed by atoms with Gasteiger partial charge in [0.15, 0.2) is 0 Å². The maximum absolute atomic E-state index is 12.6. The van der Waals surface area contributed by atoms with Crippen molar-refractivity contribution in [3.8, 4) is 10.4 Å². The molecule has 1 N–H and O–H groups in total. The highest BCUT2D eigenvalue weighted by Gasteiger charge is 2.25. The first-order valence-corrected chi connectivity index (χ1v) is 9.09. The molecule has 4 nitrogen and oxygen atoms in total. The highest BCUT2D eigenvalue weighted by atomic mass is 35.5. The van der Waals surface area contributed by atoms with E-state index in [9.17, 15) is 9.59 Å². The number of likely N-dealkylation sites (tertiary alicyclic amines) is 1. The van der Waals surface area contributed by atoms with E-state index in [0.717, 1.165) is 28.2 Å². The molecule has 0 spiro atoms. The molecule has 6 heteroatoms. The molecule has 1 aliphatic heterocycles. The van der Waals surface area contributed by atoms with E-state index >= 15 is 0 Å². The number of hydrogen-bond donors (Lipinski definition) is 1. The van der Waals surface area contributed by atoms with Crippen molar-refractivity contribution >= 4 is 34.8 Å². The maximum Gasteiger partial charge on any atom is 0.303 e. The third-order valence-corrected chi connectivity index (χ3v) is 5.68. The number of nitrogens with zero attached hydrogens (tertiary/aromatic N) is 1. The van der Waals surface area contributed by atoms with Gasteiger partial charge in [0.25, 0.3) is 5.91 Å². The molecule has 0 saturated carbocycles. The summed E-state index contributed by atoms with van der Waals surface area (Å²) in [5.41, 5.74) is 1.05. The van der Waals surface area contributed by atoms with Gasteiger partial charge in [-0.25, -0.2) is 0 Å². The number of amides is 1. The van der Waals surface area contributed by atoms with Crippen molar-refractivity contribution in [3.05, 3.63) is 46.3 Å². The maximum atomic E-state index is 12.6. The number of carbonyl (C=O) groups is 2. The number of thiophene rings is 1. The largest absolute Gasteiger partial charge is 0.481 e. The monoisotopic (exact) mass is 363 g/mol. The van der Waals surface area contributed by atoms with Crippen LogP contribution in [0.2, 0.25) is 5.02 Å². The van der Waals surface area contributed by atoms with Gasteiger partial charge in [-0.1, -0.05) is 23.7 Å². The van der Waals surface area contributed by atoms with E-state index in [0.29, 0.717) is 18.1 Å². The van der Waals surface area contributed by atoms with Crippen LogP contribution < -0.4 is 0 Å². The lowest BCUT2D eigenvalue weighted by molar-refractivity contribution is -0.138. The number of rotatable bonds is 4. The predicted molar refractivity (Wildman–Crippen MR) is 95.6 cm³/mol. The SMILES string of the molecule is O=C(O)CC1CCN(C(=O)c2ccc(-c3ccc(Cl)cc3)s2)CC1. The van der Waals surface area contributed by atoms with Crippen molar-refractivity contribution in [2.45, 2.75) is 19.3 Å². The fourth-order valence-electron chi connectivity index (χ4n) is 2.97. The number of halogens is 1. The molecule has 0 atom stereocenters. The summed E-state index contributed by atoms with van der Waals surface area (Å²) in [5.74, 6) is -0.542. The van der Waals surface area contributed by atoms with E-state index < -0.39 is 5.97 Å². The molecule has 0 unspecified atom stereocenters. The van der Waals surface area contributed by atoms with Gasteiger partial charge in [0.1, 0.15) is 0 Å². The fraction of sp³-hybridized carbons (Fsp3) is 0.333. The lowest BCUT2D eigenvalue weighted by atomic mass is 9.93. The number of hydrogen-bond acceptors (Lipinski definition) is 3. The van der Waals surface area contributed by atoms with Crippen molar-refractivity contribution < 1.29 is 14.7 Å². The van der Waals surface area contributed by atoms with Crippen LogP contribution in [0.15, 0.2) is 36.4 Å². The topological polar surface area (TPSA) is 57.6 Å². The first kappa shape index (κ1) is 17.0. The summed E-state index contributed by atoms with van der Waals surface area (Å²) in [6, 6.07) is 11.4. The third kappa shape index (κ3) is 3.97. The summed E-state index contributed by atoms with van der Waals surface area (Å²) in [7, 11) is 0. The molecule has 0 aliphatic carbocycles. The van der Waals surface area contributed by atoms with Crippen LogP contribution in [0.5, 0.6) is 0 Å². The standard InChI is InChI=1S/C18H18ClNO3S/c19-14-3-1-13(2-4-14)15-5-6-16(24-15)18(23)20-9-7-12(8-10-20)11-17(21)22/h1-6,12H,7-11H2,(H,21,22). The van der Waals surface area contributed by atoms with E-state index in [1.807, 2.05) is 41.3 Å². The average Bonchev–Trinajstić information content (AvgIpc) is 3.05. The normalized spacial score (nSPS) is 15.5.